The van der Waals surface area contributed by atoms with Gasteiger partial charge in [-0.05, 0) is 132 Å². The van der Waals surface area contributed by atoms with Crippen LogP contribution in [0.3, 0.4) is 0 Å². The van der Waals surface area contributed by atoms with Crippen molar-refractivity contribution in [1.82, 2.24) is 0 Å². The minimum Gasteiger partial charge on any atom is -0.313 e. The first-order chi connectivity index (χ1) is 29.9. The number of aryl methyl sites for hydroxylation is 2. The molecule has 0 N–H and O–H groups in total. The summed E-state index contributed by atoms with van der Waals surface area (Å²) < 4.78 is 0. The average molecular weight is 794 g/mol. The van der Waals surface area contributed by atoms with Crippen LogP contribution in [0.25, 0.3) is 33.4 Å². The van der Waals surface area contributed by atoms with E-state index in [1.54, 1.807) is 0 Å². The first-order valence-electron chi connectivity index (χ1n) is 22.7. The van der Waals surface area contributed by atoms with Crippen LogP contribution in [0, 0.1) is 13.8 Å². The van der Waals surface area contributed by atoms with Gasteiger partial charge in [-0.15, -0.1) is 0 Å². The fraction of sp³-hybridized carbons (Fsp3) is 0.186. The Morgan fingerprint density at radius 1 is 0.371 bits per heavy atom. The molecule has 62 heavy (non-hydrogen) atoms. The van der Waals surface area contributed by atoms with Crippen LogP contribution >= 0.6 is 0 Å². The predicted molar refractivity (Wildman–Crippen MR) is 265 cm³/mol. The first-order valence-corrected chi connectivity index (χ1v) is 22.7. The van der Waals surface area contributed by atoms with Crippen molar-refractivity contribution in [1.29, 1.82) is 0 Å². The minimum atomic E-state index is -0.141. The lowest BCUT2D eigenvalue weighted by Gasteiger charge is -2.51. The van der Waals surface area contributed by atoms with Gasteiger partial charge < -0.3 is 4.90 Å². The van der Waals surface area contributed by atoms with Gasteiger partial charge in [0.2, 0.25) is 13.4 Å². The topological polar surface area (TPSA) is 3.24 Å². The molecule has 8 aromatic rings. The van der Waals surface area contributed by atoms with Crippen LogP contribution in [0.4, 0.5) is 17.1 Å². The van der Waals surface area contributed by atoms with E-state index in [2.05, 4.69) is 212 Å². The molecule has 0 amide bonds. The highest BCUT2D eigenvalue weighted by Gasteiger charge is 2.52. The summed E-state index contributed by atoms with van der Waals surface area (Å²) in [7, 11) is 0. The second kappa shape index (κ2) is 12.0. The van der Waals surface area contributed by atoms with E-state index in [9.17, 15) is 0 Å². The molecular formula is C59H49B2N. The van der Waals surface area contributed by atoms with E-state index in [1.807, 2.05) is 0 Å². The Morgan fingerprint density at radius 2 is 0.823 bits per heavy atom. The fourth-order valence-electron chi connectivity index (χ4n) is 13.6. The van der Waals surface area contributed by atoms with Gasteiger partial charge in [-0.1, -0.05) is 186 Å². The van der Waals surface area contributed by atoms with Gasteiger partial charge in [0.25, 0.3) is 0 Å². The van der Waals surface area contributed by atoms with E-state index in [1.165, 1.54) is 128 Å². The number of anilines is 3. The molecule has 13 rings (SSSR count). The van der Waals surface area contributed by atoms with E-state index in [0.717, 1.165) is 0 Å². The summed E-state index contributed by atoms with van der Waals surface area (Å²) in [5.74, 6) is 0. The molecule has 0 aromatic heterocycles. The average Bonchev–Trinajstić information content (AvgIpc) is 3.50. The summed E-state index contributed by atoms with van der Waals surface area (Å²) in [5, 5.41) is 0. The van der Waals surface area contributed by atoms with Crippen LogP contribution in [0.2, 0.25) is 0 Å². The maximum Gasteiger partial charge on any atom is 0.247 e. The third-order valence-corrected chi connectivity index (χ3v) is 16.2. The molecule has 5 aliphatic rings. The second-order valence-corrected chi connectivity index (χ2v) is 20.5. The summed E-state index contributed by atoms with van der Waals surface area (Å²) in [6, 6.07) is 59.0. The highest BCUT2D eigenvalue weighted by atomic mass is 15.2. The lowest BCUT2D eigenvalue weighted by Crippen LogP contribution is -2.70. The molecule has 0 saturated carbocycles. The van der Waals surface area contributed by atoms with Crippen LogP contribution in [-0.2, 0) is 16.2 Å². The number of fused-ring (bicyclic) bond motifs is 11. The molecule has 4 aliphatic heterocycles. The van der Waals surface area contributed by atoms with Crippen molar-refractivity contribution in [2.45, 2.75) is 71.6 Å². The molecule has 0 saturated heterocycles. The van der Waals surface area contributed by atoms with Gasteiger partial charge in [0.05, 0.1) is 0 Å². The quantitative estimate of drug-likeness (QED) is 0.158. The Morgan fingerprint density at radius 3 is 1.37 bits per heavy atom. The lowest BCUT2D eigenvalue weighted by molar-refractivity contribution is 0.640. The zero-order valence-corrected chi connectivity index (χ0v) is 37.0. The van der Waals surface area contributed by atoms with E-state index in [0.29, 0.717) is 0 Å². The molecule has 3 heteroatoms. The van der Waals surface area contributed by atoms with Gasteiger partial charge in [0, 0.05) is 33.3 Å². The Labute approximate surface area is 367 Å². The van der Waals surface area contributed by atoms with Gasteiger partial charge in [-0.3, -0.25) is 0 Å². The molecular weight excluding hydrogens is 744 g/mol. The third kappa shape index (κ3) is 4.42. The third-order valence-electron chi connectivity index (χ3n) is 16.2. The van der Waals surface area contributed by atoms with Crippen molar-refractivity contribution >= 4 is 63.3 Å². The molecule has 0 spiro atoms. The maximum atomic E-state index is 2.70. The standard InChI is InChI=1S/C59H49B2N/c1-34-21-29-50-54-52(34)58(5,6)43-17-11-13-19-46(43)60(54)48-32-39(37-25-23-36(24-26-37)38-27-28-41-40-15-9-10-16-42(40)57(3,4)45(41)31-38)33-49-56(48)62(50)51-30-22-35(2)53-55(51)61(49)47-20-14-12-18-44(47)59(53,7)8/h9-33H,1-8H3. The van der Waals surface area contributed by atoms with Crippen molar-refractivity contribution in [3.63, 3.8) is 0 Å². The number of nitrogens with zero attached hydrogens (tertiary/aromatic N) is 1. The number of hydrogen-bond donors (Lipinski definition) is 0. The van der Waals surface area contributed by atoms with E-state index in [-0.39, 0.29) is 29.7 Å². The van der Waals surface area contributed by atoms with Crippen LogP contribution in [-0.4, -0.2) is 13.4 Å². The molecule has 296 valence electrons. The van der Waals surface area contributed by atoms with Crippen molar-refractivity contribution < 1.29 is 0 Å². The normalized spacial score (nSPS) is 16.7. The molecule has 4 heterocycles. The van der Waals surface area contributed by atoms with Crippen LogP contribution < -0.4 is 37.7 Å². The fourth-order valence-corrected chi connectivity index (χ4v) is 13.6. The Hall–Kier alpha value is -6.31. The van der Waals surface area contributed by atoms with Crippen LogP contribution in [0.5, 0.6) is 0 Å². The van der Waals surface area contributed by atoms with Crippen LogP contribution in [0.15, 0.2) is 152 Å². The largest absolute Gasteiger partial charge is 0.313 e. The van der Waals surface area contributed by atoms with E-state index in [4.69, 9.17) is 0 Å². The Bertz CT molecular complexity index is 3170. The summed E-state index contributed by atoms with van der Waals surface area (Å²) in [4.78, 5) is 2.70. The zero-order chi connectivity index (χ0) is 42.2. The molecule has 0 bridgehead atoms. The Kier molecular flexibility index (Phi) is 7.03. The molecule has 0 radical (unpaired) electrons. The first kappa shape index (κ1) is 36.4. The SMILES string of the molecule is Cc1ccc2c3c1C(C)(C)c1ccccc1B3c1cc(-c3ccc(-c4ccc5c(c4)C(C)(C)c4ccccc4-5)cc3)cc3c1N2c1ccc(C)c2c1B3c1ccccc1C2(C)C. The molecule has 1 aliphatic carbocycles. The smallest absolute Gasteiger partial charge is 0.247 e. The Balaban J connectivity index is 1.06. The second-order valence-electron chi connectivity index (χ2n) is 20.5. The molecule has 0 unspecified atom stereocenters. The van der Waals surface area contributed by atoms with E-state index >= 15 is 0 Å². The monoisotopic (exact) mass is 793 g/mol. The van der Waals surface area contributed by atoms with Gasteiger partial charge in [-0.2, -0.15) is 0 Å². The highest BCUT2D eigenvalue weighted by Crippen LogP contribution is 2.50. The minimum absolute atomic E-state index is 0.0335. The molecule has 0 fully saturated rings. The number of rotatable bonds is 2. The lowest BCUT2D eigenvalue weighted by atomic mass is 9.26. The van der Waals surface area contributed by atoms with Crippen molar-refractivity contribution in [2.24, 2.45) is 0 Å². The van der Waals surface area contributed by atoms with Gasteiger partial charge in [-0.25, -0.2) is 0 Å². The predicted octanol–water partition coefficient (Wildman–Crippen LogP) is 10.4. The summed E-state index contributed by atoms with van der Waals surface area (Å²) >= 11 is 0. The van der Waals surface area contributed by atoms with Crippen molar-refractivity contribution in [3.8, 4) is 33.4 Å². The number of hydrogen-bond acceptors (Lipinski definition) is 1. The summed E-state index contributed by atoms with van der Waals surface area (Å²) in [6.45, 7) is 19.4. The van der Waals surface area contributed by atoms with Gasteiger partial charge >= 0.3 is 0 Å². The highest BCUT2D eigenvalue weighted by molar-refractivity contribution is 7.03. The van der Waals surface area contributed by atoms with Crippen molar-refractivity contribution in [2.75, 3.05) is 4.90 Å². The zero-order valence-electron chi connectivity index (χ0n) is 37.0. The molecule has 1 nitrogen and oxygen atoms in total. The number of benzene rings is 8. The maximum absolute atomic E-state index is 2.70. The summed E-state index contributed by atoms with van der Waals surface area (Å²) in [5.41, 5.74) is 31.6. The molecule has 0 atom stereocenters. The van der Waals surface area contributed by atoms with Gasteiger partial charge in [0.15, 0.2) is 0 Å². The van der Waals surface area contributed by atoms with Crippen molar-refractivity contribution in [3.05, 3.63) is 196 Å². The van der Waals surface area contributed by atoms with Crippen LogP contribution in [0.1, 0.15) is 86.1 Å². The summed E-state index contributed by atoms with van der Waals surface area (Å²) in [6.07, 6.45) is 0. The van der Waals surface area contributed by atoms with E-state index < -0.39 is 0 Å². The molecule has 8 aromatic carbocycles. The van der Waals surface area contributed by atoms with Gasteiger partial charge in [0.1, 0.15) is 0 Å².